The summed E-state index contributed by atoms with van der Waals surface area (Å²) in [7, 11) is 3.98. The zero-order valence-electron chi connectivity index (χ0n) is 13.3. The van der Waals surface area contributed by atoms with E-state index in [9.17, 15) is 4.79 Å². The Labute approximate surface area is 129 Å². The number of nitrogens with zero attached hydrogens (tertiary/aromatic N) is 2. The van der Waals surface area contributed by atoms with E-state index < -0.39 is 0 Å². The van der Waals surface area contributed by atoms with Gasteiger partial charge in [0, 0.05) is 42.3 Å². The molecule has 3 aromatic rings. The number of aryl methyl sites for hydroxylation is 4. The van der Waals surface area contributed by atoms with E-state index in [2.05, 4.69) is 42.1 Å². The first-order valence-electron chi connectivity index (χ1n) is 7.84. The van der Waals surface area contributed by atoms with Gasteiger partial charge in [-0.25, -0.2) is 0 Å². The second-order valence-corrected chi connectivity index (χ2v) is 6.41. The number of pyridine rings is 1. The van der Waals surface area contributed by atoms with Crippen molar-refractivity contribution in [3.63, 3.8) is 0 Å². The third-order valence-electron chi connectivity index (χ3n) is 4.93. The molecule has 4 rings (SSSR count). The largest absolute Gasteiger partial charge is 0.351 e. The van der Waals surface area contributed by atoms with Crippen LogP contribution in [0.15, 0.2) is 35.3 Å². The van der Waals surface area contributed by atoms with Crippen molar-refractivity contribution < 1.29 is 0 Å². The van der Waals surface area contributed by atoms with Crippen molar-refractivity contribution in [1.29, 1.82) is 0 Å². The lowest BCUT2D eigenvalue weighted by atomic mass is 9.98. The van der Waals surface area contributed by atoms with Crippen LogP contribution in [-0.4, -0.2) is 9.13 Å². The van der Waals surface area contributed by atoms with E-state index in [1.54, 1.807) is 0 Å². The molecular formula is C19H20N2O. The van der Waals surface area contributed by atoms with E-state index in [1.165, 1.54) is 27.6 Å². The summed E-state index contributed by atoms with van der Waals surface area (Å²) in [5, 5.41) is 1.24. The van der Waals surface area contributed by atoms with Crippen molar-refractivity contribution in [2.75, 3.05) is 0 Å². The van der Waals surface area contributed by atoms with Crippen LogP contribution in [0, 0.1) is 6.92 Å². The first kappa shape index (κ1) is 13.4. The predicted molar refractivity (Wildman–Crippen MR) is 90.4 cm³/mol. The maximum atomic E-state index is 12.4. The Kier molecular flexibility index (Phi) is 2.80. The number of aromatic nitrogens is 2. The lowest BCUT2D eigenvalue weighted by Crippen LogP contribution is -2.22. The van der Waals surface area contributed by atoms with Gasteiger partial charge in [0.2, 0.25) is 0 Å². The average Bonchev–Trinajstić information content (AvgIpc) is 2.75. The van der Waals surface area contributed by atoms with E-state index in [-0.39, 0.29) is 5.56 Å². The Morgan fingerprint density at radius 3 is 2.64 bits per heavy atom. The van der Waals surface area contributed by atoms with E-state index in [0.29, 0.717) is 0 Å². The van der Waals surface area contributed by atoms with Crippen LogP contribution in [0.5, 0.6) is 0 Å². The molecule has 0 unspecified atom stereocenters. The van der Waals surface area contributed by atoms with Crippen LogP contribution in [0.1, 0.15) is 23.1 Å². The molecule has 1 aromatic carbocycles. The van der Waals surface area contributed by atoms with E-state index in [0.717, 1.165) is 30.5 Å². The molecule has 0 amide bonds. The molecule has 0 aliphatic heterocycles. The molecule has 3 nitrogen and oxygen atoms in total. The second-order valence-electron chi connectivity index (χ2n) is 6.41. The lowest BCUT2D eigenvalue weighted by molar-refractivity contribution is 0.809. The van der Waals surface area contributed by atoms with Crippen molar-refractivity contribution >= 4 is 10.9 Å². The standard InChI is InChI=1S/C19H20N2O/c1-12-9-15-6-4-5-13-11-17-14(7-8-20(17)2)10-16(13)18(15)21(3)19(12)22/h7-11H,4-6H2,1-3H3. The highest BCUT2D eigenvalue weighted by molar-refractivity contribution is 5.88. The highest BCUT2D eigenvalue weighted by atomic mass is 16.1. The van der Waals surface area contributed by atoms with Crippen molar-refractivity contribution in [3.05, 3.63) is 57.5 Å². The average molecular weight is 292 g/mol. The molecule has 2 heterocycles. The van der Waals surface area contributed by atoms with Crippen molar-refractivity contribution in [2.24, 2.45) is 14.1 Å². The topological polar surface area (TPSA) is 26.9 Å². The molecule has 0 bridgehead atoms. The third-order valence-corrected chi connectivity index (χ3v) is 4.93. The zero-order valence-corrected chi connectivity index (χ0v) is 13.3. The van der Waals surface area contributed by atoms with Crippen LogP contribution in [0.3, 0.4) is 0 Å². The predicted octanol–water partition coefficient (Wildman–Crippen LogP) is 3.34. The Morgan fingerprint density at radius 1 is 1.05 bits per heavy atom. The summed E-state index contributed by atoms with van der Waals surface area (Å²) in [6.45, 7) is 1.91. The van der Waals surface area contributed by atoms with E-state index >= 15 is 0 Å². The number of hydrogen-bond donors (Lipinski definition) is 0. The van der Waals surface area contributed by atoms with Crippen LogP contribution in [0.4, 0.5) is 0 Å². The minimum absolute atomic E-state index is 0.111. The van der Waals surface area contributed by atoms with Crippen molar-refractivity contribution in [3.8, 4) is 11.3 Å². The van der Waals surface area contributed by atoms with Gasteiger partial charge >= 0.3 is 0 Å². The highest BCUT2D eigenvalue weighted by Gasteiger charge is 2.19. The second kappa shape index (κ2) is 4.60. The molecule has 0 saturated carbocycles. The van der Waals surface area contributed by atoms with Gasteiger partial charge in [-0.05, 0) is 61.6 Å². The van der Waals surface area contributed by atoms with Crippen LogP contribution in [0.2, 0.25) is 0 Å². The van der Waals surface area contributed by atoms with Crippen molar-refractivity contribution in [1.82, 2.24) is 9.13 Å². The number of rotatable bonds is 0. The summed E-state index contributed by atoms with van der Waals surface area (Å²) in [4.78, 5) is 12.4. The minimum atomic E-state index is 0.111. The van der Waals surface area contributed by atoms with Crippen LogP contribution in [0.25, 0.3) is 22.2 Å². The smallest absolute Gasteiger partial charge is 0.253 e. The summed E-state index contributed by atoms with van der Waals surface area (Å²) in [5.41, 5.74) is 7.20. The van der Waals surface area contributed by atoms with Gasteiger partial charge in [-0.15, -0.1) is 0 Å². The van der Waals surface area contributed by atoms with E-state index in [1.807, 2.05) is 18.5 Å². The van der Waals surface area contributed by atoms with Crippen LogP contribution >= 0.6 is 0 Å². The van der Waals surface area contributed by atoms with Gasteiger partial charge in [0.05, 0.1) is 5.69 Å². The van der Waals surface area contributed by atoms with Gasteiger partial charge in [-0.2, -0.15) is 0 Å². The summed E-state index contributed by atoms with van der Waals surface area (Å²) in [6.07, 6.45) is 5.33. The normalized spacial score (nSPS) is 13.8. The quantitative estimate of drug-likeness (QED) is 0.624. The first-order valence-corrected chi connectivity index (χ1v) is 7.84. The van der Waals surface area contributed by atoms with Gasteiger partial charge in [0.15, 0.2) is 0 Å². The van der Waals surface area contributed by atoms with Gasteiger partial charge in [0.25, 0.3) is 5.56 Å². The molecule has 1 aliphatic rings. The fourth-order valence-corrected chi connectivity index (χ4v) is 3.77. The summed E-state index contributed by atoms with van der Waals surface area (Å²) >= 11 is 0. The third kappa shape index (κ3) is 1.78. The lowest BCUT2D eigenvalue weighted by Gasteiger charge is -2.15. The molecule has 3 heteroatoms. The molecule has 2 aromatic heterocycles. The molecule has 0 saturated heterocycles. The highest BCUT2D eigenvalue weighted by Crippen LogP contribution is 2.34. The Bertz CT molecular complexity index is 960. The molecule has 1 aliphatic carbocycles. The number of hydrogen-bond acceptors (Lipinski definition) is 1. The molecule has 112 valence electrons. The molecular weight excluding hydrogens is 272 g/mol. The summed E-state index contributed by atoms with van der Waals surface area (Å²) < 4.78 is 4.00. The molecule has 0 N–H and O–H groups in total. The monoisotopic (exact) mass is 292 g/mol. The van der Waals surface area contributed by atoms with Gasteiger partial charge < -0.3 is 9.13 Å². The van der Waals surface area contributed by atoms with Gasteiger partial charge in [-0.1, -0.05) is 0 Å². The summed E-state index contributed by atoms with van der Waals surface area (Å²) in [6, 6.07) is 8.78. The Hall–Kier alpha value is -2.29. The molecule has 0 fully saturated rings. The van der Waals surface area contributed by atoms with Gasteiger partial charge in [-0.3, -0.25) is 4.79 Å². The van der Waals surface area contributed by atoms with E-state index in [4.69, 9.17) is 0 Å². The maximum Gasteiger partial charge on any atom is 0.253 e. The number of benzene rings is 1. The summed E-state index contributed by atoms with van der Waals surface area (Å²) in [5.74, 6) is 0. The fourth-order valence-electron chi connectivity index (χ4n) is 3.77. The fraction of sp³-hybridized carbons (Fsp3) is 0.316. The molecule has 0 spiro atoms. The SMILES string of the molecule is Cc1cc2c(n(C)c1=O)-c1cc3ccn(C)c3cc1CCC2. The molecule has 22 heavy (non-hydrogen) atoms. The zero-order chi connectivity index (χ0) is 15.4. The number of fused-ring (bicyclic) bond motifs is 4. The minimum Gasteiger partial charge on any atom is -0.351 e. The van der Waals surface area contributed by atoms with Crippen LogP contribution < -0.4 is 5.56 Å². The maximum absolute atomic E-state index is 12.4. The van der Waals surface area contributed by atoms with Gasteiger partial charge in [0.1, 0.15) is 0 Å². The Balaban J connectivity index is 2.11. The van der Waals surface area contributed by atoms with Crippen LogP contribution in [-0.2, 0) is 26.9 Å². The molecule has 0 radical (unpaired) electrons. The van der Waals surface area contributed by atoms with Crippen molar-refractivity contribution in [2.45, 2.75) is 26.2 Å². The molecule has 0 atom stereocenters. The Morgan fingerprint density at radius 2 is 1.82 bits per heavy atom. The first-order chi connectivity index (χ1) is 10.6.